The third kappa shape index (κ3) is 4.25. The van der Waals surface area contributed by atoms with Crippen LogP contribution in [-0.2, 0) is 9.53 Å². The summed E-state index contributed by atoms with van der Waals surface area (Å²) in [5.41, 5.74) is 0.703. The topological polar surface area (TPSA) is 58.6 Å². The Morgan fingerprint density at radius 3 is 2.74 bits per heavy atom. The van der Waals surface area contributed by atoms with Crippen LogP contribution in [0.1, 0.15) is 56.6 Å². The molecule has 4 nitrogen and oxygen atoms in total. The molecule has 1 saturated carbocycles. The van der Waals surface area contributed by atoms with Crippen molar-refractivity contribution in [2.24, 2.45) is 0 Å². The van der Waals surface area contributed by atoms with Crippen molar-refractivity contribution in [3.05, 3.63) is 34.9 Å². The highest BCUT2D eigenvalue weighted by Crippen LogP contribution is 2.40. The van der Waals surface area contributed by atoms with Crippen LogP contribution in [0.5, 0.6) is 0 Å². The Balaban J connectivity index is 1.51. The molecule has 2 fully saturated rings. The fourth-order valence-corrected chi connectivity index (χ4v) is 3.91. The van der Waals surface area contributed by atoms with E-state index in [1.165, 1.54) is 12.8 Å². The lowest BCUT2D eigenvalue weighted by Gasteiger charge is -2.38. The number of hydrogen-bond donors (Lipinski definition) is 2. The van der Waals surface area contributed by atoms with E-state index in [0.29, 0.717) is 17.2 Å². The van der Waals surface area contributed by atoms with Gasteiger partial charge in [0.25, 0.3) is 0 Å². The third-order valence-corrected chi connectivity index (χ3v) is 5.26. The predicted octanol–water partition coefficient (Wildman–Crippen LogP) is 3.37. The molecule has 1 heterocycles. The van der Waals surface area contributed by atoms with Crippen molar-refractivity contribution in [1.82, 2.24) is 5.32 Å². The zero-order valence-electron chi connectivity index (χ0n) is 13.3. The summed E-state index contributed by atoms with van der Waals surface area (Å²) in [6.07, 6.45) is 5.67. The molecule has 3 rings (SSSR count). The maximum atomic E-state index is 12.2. The number of nitrogens with one attached hydrogen (secondary N) is 1. The number of amides is 1. The standard InChI is InChI=1S/C18H24ClNO3/c19-14-5-3-13(4-6-14)16(21)11-17(22)20-15-7-10-23-18(12-15)8-1-2-9-18/h3-6,15-16,21H,1-2,7-12H2,(H,20,22). The number of carbonyl (C=O) groups is 1. The summed E-state index contributed by atoms with van der Waals surface area (Å²) >= 11 is 5.84. The largest absolute Gasteiger partial charge is 0.388 e. The molecular weight excluding hydrogens is 314 g/mol. The van der Waals surface area contributed by atoms with E-state index in [9.17, 15) is 9.90 Å². The maximum absolute atomic E-state index is 12.2. The van der Waals surface area contributed by atoms with Crippen LogP contribution >= 0.6 is 11.6 Å². The van der Waals surface area contributed by atoms with E-state index >= 15 is 0 Å². The van der Waals surface area contributed by atoms with Crippen LogP contribution in [0.4, 0.5) is 0 Å². The van der Waals surface area contributed by atoms with Crippen LogP contribution in [-0.4, -0.2) is 29.3 Å². The molecule has 1 aromatic carbocycles. The monoisotopic (exact) mass is 337 g/mol. The smallest absolute Gasteiger partial charge is 0.223 e. The number of aliphatic hydroxyl groups is 1. The summed E-state index contributed by atoms with van der Waals surface area (Å²) in [4.78, 5) is 12.2. The molecule has 1 amide bonds. The highest BCUT2D eigenvalue weighted by atomic mass is 35.5. The summed E-state index contributed by atoms with van der Waals surface area (Å²) in [5.74, 6) is -0.104. The fraction of sp³-hybridized carbons (Fsp3) is 0.611. The minimum atomic E-state index is -0.799. The van der Waals surface area contributed by atoms with Gasteiger partial charge in [0, 0.05) is 17.7 Å². The Bertz CT molecular complexity index is 540. The molecule has 1 spiro atoms. The van der Waals surface area contributed by atoms with Crippen molar-refractivity contribution in [2.45, 2.75) is 62.7 Å². The summed E-state index contributed by atoms with van der Waals surface area (Å²) in [6.45, 7) is 0.713. The minimum Gasteiger partial charge on any atom is -0.388 e. The molecule has 1 aliphatic heterocycles. The Morgan fingerprint density at radius 1 is 1.35 bits per heavy atom. The second-order valence-corrected chi connectivity index (χ2v) is 7.20. The van der Waals surface area contributed by atoms with E-state index in [1.807, 2.05) is 0 Å². The predicted molar refractivity (Wildman–Crippen MR) is 89.3 cm³/mol. The Morgan fingerprint density at radius 2 is 2.04 bits per heavy atom. The molecule has 2 atom stereocenters. The first kappa shape index (κ1) is 16.7. The van der Waals surface area contributed by atoms with Crippen LogP contribution < -0.4 is 5.32 Å². The van der Waals surface area contributed by atoms with Crippen molar-refractivity contribution >= 4 is 17.5 Å². The molecule has 1 saturated heterocycles. The number of rotatable bonds is 4. The maximum Gasteiger partial charge on any atom is 0.223 e. The molecule has 5 heteroatoms. The quantitative estimate of drug-likeness (QED) is 0.885. The minimum absolute atomic E-state index is 0.00894. The van der Waals surface area contributed by atoms with Crippen molar-refractivity contribution in [3.63, 3.8) is 0 Å². The molecule has 0 bridgehead atoms. The van der Waals surface area contributed by atoms with Gasteiger partial charge in [0.1, 0.15) is 0 Å². The van der Waals surface area contributed by atoms with Crippen LogP contribution in [0.25, 0.3) is 0 Å². The number of hydrogen-bond acceptors (Lipinski definition) is 3. The molecule has 126 valence electrons. The Labute approximate surface area is 142 Å². The average Bonchev–Trinajstić information content (AvgIpc) is 2.95. The van der Waals surface area contributed by atoms with Gasteiger partial charge in [0.2, 0.25) is 5.91 Å². The number of benzene rings is 1. The molecule has 23 heavy (non-hydrogen) atoms. The van der Waals surface area contributed by atoms with Gasteiger partial charge in [0.05, 0.1) is 18.1 Å². The van der Waals surface area contributed by atoms with Crippen molar-refractivity contribution in [2.75, 3.05) is 6.61 Å². The van der Waals surface area contributed by atoms with Gasteiger partial charge in [0.15, 0.2) is 0 Å². The Hall–Kier alpha value is -1.10. The number of aliphatic hydroxyl groups excluding tert-OH is 1. The highest BCUT2D eigenvalue weighted by Gasteiger charge is 2.40. The number of halogens is 1. The fourth-order valence-electron chi connectivity index (χ4n) is 3.78. The van der Waals surface area contributed by atoms with Crippen LogP contribution in [0.2, 0.25) is 5.02 Å². The van der Waals surface area contributed by atoms with Gasteiger partial charge in [-0.15, -0.1) is 0 Å². The highest BCUT2D eigenvalue weighted by molar-refractivity contribution is 6.30. The summed E-state index contributed by atoms with van der Waals surface area (Å²) in [7, 11) is 0. The SMILES string of the molecule is O=C(CC(O)c1ccc(Cl)cc1)NC1CCOC2(CCCC2)C1. The van der Waals surface area contributed by atoms with Crippen molar-refractivity contribution in [3.8, 4) is 0 Å². The van der Waals surface area contributed by atoms with Gasteiger partial charge < -0.3 is 15.2 Å². The number of carbonyl (C=O) groups excluding carboxylic acids is 1. The second kappa shape index (κ2) is 7.20. The zero-order valence-corrected chi connectivity index (χ0v) is 14.0. The van der Waals surface area contributed by atoms with Crippen molar-refractivity contribution in [1.29, 1.82) is 0 Å². The van der Waals surface area contributed by atoms with Gasteiger partial charge >= 0.3 is 0 Å². The van der Waals surface area contributed by atoms with Crippen LogP contribution in [0.15, 0.2) is 24.3 Å². The van der Waals surface area contributed by atoms with E-state index in [-0.39, 0.29) is 24.0 Å². The van der Waals surface area contributed by atoms with Gasteiger partial charge in [-0.25, -0.2) is 0 Å². The van der Waals surface area contributed by atoms with Gasteiger partial charge in [-0.05, 0) is 43.4 Å². The molecule has 2 unspecified atom stereocenters. The first-order chi connectivity index (χ1) is 11.1. The third-order valence-electron chi connectivity index (χ3n) is 5.01. The second-order valence-electron chi connectivity index (χ2n) is 6.77. The van der Waals surface area contributed by atoms with E-state index in [0.717, 1.165) is 25.7 Å². The molecular formula is C18H24ClNO3. The molecule has 0 radical (unpaired) electrons. The van der Waals surface area contributed by atoms with E-state index < -0.39 is 6.10 Å². The lowest BCUT2D eigenvalue weighted by Crippen LogP contribution is -2.47. The Kier molecular flexibility index (Phi) is 5.24. The van der Waals surface area contributed by atoms with Crippen LogP contribution in [0, 0.1) is 0 Å². The first-order valence-corrected chi connectivity index (χ1v) is 8.81. The lowest BCUT2D eigenvalue weighted by molar-refractivity contribution is -0.127. The van der Waals surface area contributed by atoms with Crippen LogP contribution in [0.3, 0.4) is 0 Å². The number of ether oxygens (including phenoxy) is 1. The average molecular weight is 338 g/mol. The van der Waals surface area contributed by atoms with E-state index in [4.69, 9.17) is 16.3 Å². The zero-order chi connectivity index (χ0) is 16.3. The van der Waals surface area contributed by atoms with Gasteiger partial charge in [-0.2, -0.15) is 0 Å². The molecule has 1 aromatic rings. The normalized spacial score (nSPS) is 24.5. The molecule has 1 aliphatic carbocycles. The van der Waals surface area contributed by atoms with E-state index in [1.54, 1.807) is 24.3 Å². The first-order valence-electron chi connectivity index (χ1n) is 8.43. The van der Waals surface area contributed by atoms with Crippen molar-refractivity contribution < 1.29 is 14.6 Å². The van der Waals surface area contributed by atoms with Gasteiger partial charge in [-0.1, -0.05) is 36.6 Å². The van der Waals surface area contributed by atoms with E-state index in [2.05, 4.69) is 5.32 Å². The summed E-state index contributed by atoms with van der Waals surface area (Å²) < 4.78 is 5.99. The van der Waals surface area contributed by atoms with Gasteiger partial charge in [-0.3, -0.25) is 4.79 Å². The lowest BCUT2D eigenvalue weighted by atomic mass is 9.89. The molecule has 0 aromatic heterocycles. The summed E-state index contributed by atoms with van der Waals surface area (Å²) in [5, 5.41) is 13.9. The summed E-state index contributed by atoms with van der Waals surface area (Å²) in [6, 6.07) is 7.11. The molecule has 2 N–H and O–H groups in total. The molecule has 2 aliphatic rings.